The van der Waals surface area contributed by atoms with Gasteiger partial charge in [0.25, 0.3) is 5.91 Å². The summed E-state index contributed by atoms with van der Waals surface area (Å²) >= 11 is 0. The number of carbonyl (C=O) groups excluding carboxylic acids is 1. The summed E-state index contributed by atoms with van der Waals surface area (Å²) < 4.78 is 0. The predicted octanol–water partition coefficient (Wildman–Crippen LogP) is 1.90. The maximum atomic E-state index is 12.0. The van der Waals surface area contributed by atoms with Crippen LogP contribution >= 0.6 is 0 Å². The smallest absolute Gasteiger partial charge is 0.306 e. The number of carbonyl (C=O) groups is 2. The molecule has 1 saturated carbocycles. The topological polar surface area (TPSA) is 66.4 Å². The normalized spacial score (nSPS) is 22.1. The first-order valence-electron chi connectivity index (χ1n) is 6.08. The molecule has 1 amide bonds. The Morgan fingerprint density at radius 1 is 1.28 bits per heavy atom. The minimum absolute atomic E-state index is 0.000645. The number of hydrogen-bond acceptors (Lipinski definition) is 2. The molecule has 0 radical (unpaired) electrons. The maximum absolute atomic E-state index is 12.0. The highest BCUT2D eigenvalue weighted by molar-refractivity contribution is 5.96. The number of amides is 1. The van der Waals surface area contributed by atoms with E-state index in [0.717, 1.165) is 11.1 Å². The van der Waals surface area contributed by atoms with Crippen LogP contribution in [-0.2, 0) is 4.79 Å². The zero-order valence-corrected chi connectivity index (χ0v) is 10.6. The molecule has 0 spiro atoms. The Morgan fingerprint density at radius 2 is 1.94 bits per heavy atom. The minimum Gasteiger partial charge on any atom is -0.481 e. The summed E-state index contributed by atoms with van der Waals surface area (Å²) in [5, 5.41) is 11.6. The van der Waals surface area contributed by atoms with Gasteiger partial charge in [0.15, 0.2) is 0 Å². The van der Waals surface area contributed by atoms with Gasteiger partial charge in [0.1, 0.15) is 0 Å². The van der Waals surface area contributed by atoms with E-state index in [1.54, 1.807) is 0 Å². The van der Waals surface area contributed by atoms with Crippen molar-refractivity contribution in [1.82, 2.24) is 5.32 Å². The second-order valence-corrected chi connectivity index (χ2v) is 5.00. The van der Waals surface area contributed by atoms with Crippen LogP contribution in [0.3, 0.4) is 0 Å². The van der Waals surface area contributed by atoms with Crippen LogP contribution in [0.1, 0.15) is 34.3 Å². The molecule has 0 atom stereocenters. The van der Waals surface area contributed by atoms with Gasteiger partial charge in [0.2, 0.25) is 0 Å². The molecule has 0 aliphatic heterocycles. The van der Waals surface area contributed by atoms with Crippen molar-refractivity contribution in [3.05, 3.63) is 34.9 Å². The van der Waals surface area contributed by atoms with Crippen molar-refractivity contribution in [1.29, 1.82) is 0 Å². The first-order chi connectivity index (χ1) is 8.47. The molecule has 1 fully saturated rings. The summed E-state index contributed by atoms with van der Waals surface area (Å²) in [6.07, 6.45) is 1.07. The lowest BCUT2D eigenvalue weighted by molar-refractivity contribution is -0.145. The van der Waals surface area contributed by atoms with E-state index in [0.29, 0.717) is 18.4 Å². The molecule has 0 unspecified atom stereocenters. The molecule has 4 heteroatoms. The van der Waals surface area contributed by atoms with Crippen LogP contribution in [0.2, 0.25) is 0 Å². The average molecular weight is 247 g/mol. The number of hydrogen-bond donors (Lipinski definition) is 2. The molecule has 0 aromatic heterocycles. The predicted molar refractivity (Wildman–Crippen MR) is 67.5 cm³/mol. The third-order valence-electron chi connectivity index (χ3n) is 3.45. The van der Waals surface area contributed by atoms with Gasteiger partial charge in [-0.25, -0.2) is 0 Å². The van der Waals surface area contributed by atoms with Gasteiger partial charge in [-0.05, 0) is 38.3 Å². The first-order valence-corrected chi connectivity index (χ1v) is 6.08. The van der Waals surface area contributed by atoms with Crippen LogP contribution in [0, 0.1) is 19.8 Å². The molecule has 4 nitrogen and oxygen atoms in total. The van der Waals surface area contributed by atoms with Crippen LogP contribution in [0.5, 0.6) is 0 Å². The Labute approximate surface area is 106 Å². The fraction of sp³-hybridized carbons (Fsp3) is 0.429. The molecule has 1 aromatic carbocycles. The average Bonchev–Trinajstić information content (AvgIpc) is 2.21. The molecular weight excluding hydrogens is 230 g/mol. The highest BCUT2D eigenvalue weighted by Gasteiger charge is 2.35. The number of nitrogens with one attached hydrogen (secondary N) is 1. The first kappa shape index (κ1) is 12.6. The van der Waals surface area contributed by atoms with Crippen molar-refractivity contribution in [3.8, 4) is 0 Å². The molecule has 2 N–H and O–H groups in total. The van der Waals surface area contributed by atoms with E-state index in [-0.39, 0.29) is 17.9 Å². The van der Waals surface area contributed by atoms with Gasteiger partial charge in [-0.2, -0.15) is 0 Å². The van der Waals surface area contributed by atoms with E-state index < -0.39 is 5.97 Å². The molecular formula is C14H17NO3. The minimum atomic E-state index is -0.771. The molecule has 1 aliphatic rings. The Hall–Kier alpha value is -1.84. The number of aliphatic carboxylic acids is 1. The quantitative estimate of drug-likeness (QED) is 0.857. The van der Waals surface area contributed by atoms with Gasteiger partial charge in [-0.3, -0.25) is 9.59 Å². The molecule has 1 aromatic rings. The molecule has 18 heavy (non-hydrogen) atoms. The van der Waals surface area contributed by atoms with Gasteiger partial charge in [0.05, 0.1) is 5.92 Å². The zero-order valence-electron chi connectivity index (χ0n) is 10.6. The molecule has 2 rings (SSSR count). The molecule has 0 saturated heterocycles. The number of carboxylic acids is 1. The third kappa shape index (κ3) is 2.53. The third-order valence-corrected chi connectivity index (χ3v) is 3.45. The zero-order chi connectivity index (χ0) is 13.3. The fourth-order valence-corrected chi connectivity index (χ4v) is 2.27. The Bertz CT molecular complexity index is 490. The lowest BCUT2D eigenvalue weighted by atomic mass is 9.80. The summed E-state index contributed by atoms with van der Waals surface area (Å²) in [6, 6.07) is 5.69. The van der Waals surface area contributed by atoms with E-state index in [4.69, 9.17) is 5.11 Å². The van der Waals surface area contributed by atoms with Crippen LogP contribution in [0.4, 0.5) is 0 Å². The van der Waals surface area contributed by atoms with Gasteiger partial charge in [0, 0.05) is 11.6 Å². The summed E-state index contributed by atoms with van der Waals surface area (Å²) in [5.74, 6) is -1.18. The largest absolute Gasteiger partial charge is 0.481 e. The number of benzene rings is 1. The molecule has 0 bridgehead atoms. The summed E-state index contributed by atoms with van der Waals surface area (Å²) in [7, 11) is 0. The van der Waals surface area contributed by atoms with Gasteiger partial charge in [-0.15, -0.1) is 0 Å². The second-order valence-electron chi connectivity index (χ2n) is 5.00. The van der Waals surface area contributed by atoms with Crippen LogP contribution in [-0.4, -0.2) is 23.0 Å². The Balaban J connectivity index is 1.95. The maximum Gasteiger partial charge on any atom is 0.306 e. The van der Waals surface area contributed by atoms with E-state index >= 15 is 0 Å². The van der Waals surface area contributed by atoms with Crippen molar-refractivity contribution >= 4 is 11.9 Å². The monoisotopic (exact) mass is 247 g/mol. The SMILES string of the molecule is Cc1ccc(C(=O)NC2CC(C(=O)O)C2)c(C)c1. The summed E-state index contributed by atoms with van der Waals surface area (Å²) in [4.78, 5) is 22.7. The lowest BCUT2D eigenvalue weighted by Gasteiger charge is -2.32. The highest BCUT2D eigenvalue weighted by atomic mass is 16.4. The molecule has 0 heterocycles. The molecule has 96 valence electrons. The molecule has 1 aliphatic carbocycles. The van der Waals surface area contributed by atoms with Crippen molar-refractivity contribution in [2.24, 2.45) is 5.92 Å². The summed E-state index contributed by atoms with van der Waals surface area (Å²) in [6.45, 7) is 3.89. The van der Waals surface area contributed by atoms with Crippen molar-refractivity contribution in [2.75, 3.05) is 0 Å². The Morgan fingerprint density at radius 3 is 2.50 bits per heavy atom. The van der Waals surface area contributed by atoms with Crippen LogP contribution < -0.4 is 5.32 Å². The lowest BCUT2D eigenvalue weighted by Crippen LogP contribution is -2.46. The van der Waals surface area contributed by atoms with Crippen molar-refractivity contribution < 1.29 is 14.7 Å². The van der Waals surface area contributed by atoms with E-state index in [1.807, 2.05) is 32.0 Å². The van der Waals surface area contributed by atoms with Crippen molar-refractivity contribution in [2.45, 2.75) is 32.7 Å². The number of carboxylic acid groups (broad SMARTS) is 1. The second kappa shape index (κ2) is 4.80. The number of aryl methyl sites for hydroxylation is 2. The van der Waals surface area contributed by atoms with Crippen LogP contribution in [0.25, 0.3) is 0 Å². The van der Waals surface area contributed by atoms with E-state index in [9.17, 15) is 9.59 Å². The van der Waals surface area contributed by atoms with E-state index in [1.165, 1.54) is 0 Å². The van der Waals surface area contributed by atoms with E-state index in [2.05, 4.69) is 5.32 Å². The van der Waals surface area contributed by atoms with Gasteiger partial charge in [-0.1, -0.05) is 17.7 Å². The Kier molecular flexibility index (Phi) is 3.36. The standard InChI is InChI=1S/C14H17NO3/c1-8-3-4-12(9(2)5-8)13(16)15-11-6-10(7-11)14(17)18/h3-5,10-11H,6-7H2,1-2H3,(H,15,16)(H,17,18). The van der Waals surface area contributed by atoms with Crippen molar-refractivity contribution in [3.63, 3.8) is 0 Å². The number of rotatable bonds is 3. The highest BCUT2D eigenvalue weighted by Crippen LogP contribution is 2.27. The fourth-order valence-electron chi connectivity index (χ4n) is 2.27. The summed E-state index contributed by atoms with van der Waals surface area (Å²) in [5.41, 5.74) is 2.74. The van der Waals surface area contributed by atoms with Gasteiger partial charge >= 0.3 is 5.97 Å². The van der Waals surface area contributed by atoms with Gasteiger partial charge < -0.3 is 10.4 Å². The van der Waals surface area contributed by atoms with Crippen LogP contribution in [0.15, 0.2) is 18.2 Å².